The third-order valence-electron chi connectivity index (χ3n) is 5.15. The Labute approximate surface area is 186 Å². The Bertz CT molecular complexity index is 1300. The lowest BCUT2D eigenvalue weighted by molar-refractivity contribution is 0.0984. The summed E-state index contributed by atoms with van der Waals surface area (Å²) in [6.07, 6.45) is 0. The first-order valence-electron chi connectivity index (χ1n) is 10.2. The molecule has 0 unspecified atom stereocenters. The number of amides is 1. The molecule has 164 valence electrons. The molecule has 8 nitrogen and oxygen atoms in total. The number of carbonyl (C=O) groups excluding carboxylic acids is 1. The lowest BCUT2D eigenvalue weighted by Gasteiger charge is -2.22. The Balaban J connectivity index is 1.76. The van der Waals surface area contributed by atoms with Crippen LogP contribution in [0.2, 0.25) is 0 Å². The number of aromatic nitrogens is 4. The molecule has 0 atom stereocenters. The Hall–Kier alpha value is -3.94. The van der Waals surface area contributed by atoms with Crippen molar-refractivity contribution in [3.8, 4) is 11.5 Å². The molecular weight excluding hydrogens is 406 g/mol. The van der Waals surface area contributed by atoms with Gasteiger partial charge in [0.1, 0.15) is 0 Å². The van der Waals surface area contributed by atoms with Crippen LogP contribution in [-0.4, -0.2) is 39.7 Å². The number of benzene rings is 2. The number of nitrogens with zero attached hydrogens (tertiary/aromatic N) is 5. The van der Waals surface area contributed by atoms with Gasteiger partial charge in [-0.3, -0.25) is 4.79 Å². The summed E-state index contributed by atoms with van der Waals surface area (Å²) < 4.78 is 12.4. The Morgan fingerprint density at radius 2 is 1.75 bits per heavy atom. The van der Waals surface area contributed by atoms with Gasteiger partial charge in [-0.25, -0.2) is 9.50 Å². The average molecular weight is 431 g/mol. The summed E-state index contributed by atoms with van der Waals surface area (Å²) in [6, 6.07) is 14.8. The number of carbonyl (C=O) groups is 1. The molecule has 32 heavy (non-hydrogen) atoms. The highest BCUT2D eigenvalue weighted by Crippen LogP contribution is 2.29. The van der Waals surface area contributed by atoms with Crippen LogP contribution in [0, 0.1) is 20.8 Å². The predicted molar refractivity (Wildman–Crippen MR) is 121 cm³/mol. The van der Waals surface area contributed by atoms with Crippen LogP contribution in [-0.2, 0) is 6.54 Å². The van der Waals surface area contributed by atoms with Gasteiger partial charge in [0.2, 0.25) is 0 Å². The van der Waals surface area contributed by atoms with Crippen molar-refractivity contribution < 1.29 is 14.3 Å². The normalized spacial score (nSPS) is 10.9. The topological polar surface area (TPSA) is 81.9 Å². The molecule has 4 aromatic rings. The van der Waals surface area contributed by atoms with E-state index in [1.165, 1.54) is 0 Å². The second kappa shape index (κ2) is 8.66. The minimum Gasteiger partial charge on any atom is -0.493 e. The Kier molecular flexibility index (Phi) is 5.77. The van der Waals surface area contributed by atoms with Gasteiger partial charge in [-0.05, 0) is 62.7 Å². The number of fused-ring (bicyclic) bond motifs is 1. The summed E-state index contributed by atoms with van der Waals surface area (Å²) in [5.74, 6) is 1.87. The van der Waals surface area contributed by atoms with Gasteiger partial charge in [0.05, 0.1) is 20.8 Å². The SMILES string of the molecule is COc1ccc(C(=O)N(Cc2nc3nc(C)cc(C)n3n2)c2cccc(C)c2)cc1OC. The molecule has 0 saturated heterocycles. The molecular formula is C24H25N5O3. The molecule has 0 N–H and O–H groups in total. The second-order valence-electron chi connectivity index (χ2n) is 7.58. The fraction of sp³-hybridized carbons (Fsp3) is 0.250. The van der Waals surface area contributed by atoms with Crippen molar-refractivity contribution in [1.82, 2.24) is 19.6 Å². The van der Waals surface area contributed by atoms with E-state index in [1.54, 1.807) is 41.8 Å². The first kappa shape index (κ1) is 21.3. The van der Waals surface area contributed by atoms with Crippen molar-refractivity contribution in [1.29, 1.82) is 0 Å². The van der Waals surface area contributed by atoms with Crippen LogP contribution in [0.5, 0.6) is 11.5 Å². The van der Waals surface area contributed by atoms with Gasteiger partial charge in [-0.15, -0.1) is 5.10 Å². The summed E-state index contributed by atoms with van der Waals surface area (Å²) >= 11 is 0. The number of ether oxygens (including phenoxy) is 2. The van der Waals surface area contributed by atoms with Crippen molar-refractivity contribution >= 4 is 17.4 Å². The van der Waals surface area contributed by atoms with E-state index in [4.69, 9.17) is 9.47 Å². The zero-order valence-corrected chi connectivity index (χ0v) is 18.8. The molecule has 0 saturated carbocycles. The highest BCUT2D eigenvalue weighted by molar-refractivity contribution is 6.06. The minimum atomic E-state index is -0.198. The monoisotopic (exact) mass is 431 g/mol. The standard InChI is InChI=1S/C24H25N5O3/c1-15-7-6-8-19(11-15)28(23(30)18-9-10-20(31-4)21(13-18)32-5)14-22-26-24-25-16(2)12-17(3)29(24)27-22/h6-13H,14H2,1-5H3. The van der Waals surface area contributed by atoms with Crippen LogP contribution in [0.1, 0.15) is 33.1 Å². The summed E-state index contributed by atoms with van der Waals surface area (Å²) in [7, 11) is 3.10. The maximum Gasteiger partial charge on any atom is 0.258 e. The fourth-order valence-corrected chi connectivity index (χ4v) is 3.62. The van der Waals surface area contributed by atoms with E-state index in [-0.39, 0.29) is 12.5 Å². The Morgan fingerprint density at radius 3 is 2.47 bits per heavy atom. The van der Waals surface area contributed by atoms with E-state index in [2.05, 4.69) is 15.1 Å². The molecule has 0 fully saturated rings. The highest BCUT2D eigenvalue weighted by atomic mass is 16.5. The molecule has 0 spiro atoms. The van der Waals surface area contributed by atoms with Crippen LogP contribution in [0.15, 0.2) is 48.5 Å². The molecule has 0 aliphatic heterocycles. The first-order valence-corrected chi connectivity index (χ1v) is 10.2. The van der Waals surface area contributed by atoms with Gasteiger partial charge in [0.25, 0.3) is 11.7 Å². The molecule has 1 amide bonds. The molecule has 2 heterocycles. The number of hydrogen-bond acceptors (Lipinski definition) is 6. The van der Waals surface area contributed by atoms with Crippen molar-refractivity contribution in [3.05, 3.63) is 76.9 Å². The quantitative estimate of drug-likeness (QED) is 0.460. The smallest absolute Gasteiger partial charge is 0.258 e. The maximum atomic E-state index is 13.6. The molecule has 0 bridgehead atoms. The predicted octanol–water partition coefficient (Wildman–Crippen LogP) is 3.91. The third-order valence-corrected chi connectivity index (χ3v) is 5.15. The molecule has 2 aromatic carbocycles. The van der Waals surface area contributed by atoms with Gasteiger partial charge >= 0.3 is 0 Å². The fourth-order valence-electron chi connectivity index (χ4n) is 3.62. The number of anilines is 1. The Morgan fingerprint density at radius 1 is 0.969 bits per heavy atom. The van der Waals surface area contributed by atoms with Crippen molar-refractivity contribution in [3.63, 3.8) is 0 Å². The zero-order valence-electron chi connectivity index (χ0n) is 18.8. The van der Waals surface area contributed by atoms with Crippen LogP contribution < -0.4 is 14.4 Å². The summed E-state index contributed by atoms with van der Waals surface area (Å²) in [5, 5.41) is 4.58. The van der Waals surface area contributed by atoms with Crippen LogP contribution in [0.3, 0.4) is 0 Å². The average Bonchev–Trinajstić information content (AvgIpc) is 3.19. The molecule has 2 aromatic heterocycles. The second-order valence-corrected chi connectivity index (χ2v) is 7.58. The number of aryl methyl sites for hydroxylation is 3. The number of rotatable bonds is 6. The molecule has 0 aliphatic rings. The third kappa shape index (κ3) is 4.12. The zero-order chi connectivity index (χ0) is 22.8. The van der Waals surface area contributed by atoms with E-state index >= 15 is 0 Å². The van der Waals surface area contributed by atoms with E-state index < -0.39 is 0 Å². The van der Waals surface area contributed by atoms with E-state index in [1.807, 2.05) is 51.1 Å². The lowest BCUT2D eigenvalue weighted by atomic mass is 10.1. The van der Waals surface area contributed by atoms with E-state index in [0.29, 0.717) is 28.7 Å². The lowest BCUT2D eigenvalue weighted by Crippen LogP contribution is -2.31. The van der Waals surface area contributed by atoms with Crippen molar-refractivity contribution in [2.45, 2.75) is 27.3 Å². The van der Waals surface area contributed by atoms with Crippen LogP contribution in [0.4, 0.5) is 5.69 Å². The van der Waals surface area contributed by atoms with Gasteiger partial charge in [0, 0.05) is 22.6 Å². The van der Waals surface area contributed by atoms with Gasteiger partial charge in [0.15, 0.2) is 17.3 Å². The van der Waals surface area contributed by atoms with Gasteiger partial charge in [-0.1, -0.05) is 12.1 Å². The molecule has 0 aliphatic carbocycles. The number of hydrogen-bond donors (Lipinski definition) is 0. The molecule has 8 heteroatoms. The molecule has 4 rings (SSSR count). The first-order chi connectivity index (χ1) is 15.4. The van der Waals surface area contributed by atoms with E-state index in [9.17, 15) is 4.79 Å². The number of methoxy groups -OCH3 is 2. The maximum absolute atomic E-state index is 13.6. The largest absolute Gasteiger partial charge is 0.493 e. The van der Waals surface area contributed by atoms with Gasteiger partial charge in [-0.2, -0.15) is 4.98 Å². The van der Waals surface area contributed by atoms with Crippen LogP contribution >= 0.6 is 0 Å². The van der Waals surface area contributed by atoms with Crippen molar-refractivity contribution in [2.24, 2.45) is 0 Å². The minimum absolute atomic E-state index is 0.193. The summed E-state index contributed by atoms with van der Waals surface area (Å²) in [4.78, 5) is 24.3. The molecule has 0 radical (unpaired) electrons. The van der Waals surface area contributed by atoms with Gasteiger partial charge < -0.3 is 14.4 Å². The highest BCUT2D eigenvalue weighted by Gasteiger charge is 2.22. The van der Waals surface area contributed by atoms with Crippen LogP contribution in [0.25, 0.3) is 5.78 Å². The summed E-state index contributed by atoms with van der Waals surface area (Å²) in [5.41, 5.74) is 4.07. The van der Waals surface area contributed by atoms with Crippen molar-refractivity contribution in [2.75, 3.05) is 19.1 Å². The summed E-state index contributed by atoms with van der Waals surface area (Å²) in [6.45, 7) is 6.05. The van der Waals surface area contributed by atoms with E-state index in [0.717, 1.165) is 22.6 Å².